The van der Waals surface area contributed by atoms with Gasteiger partial charge in [-0.3, -0.25) is 14.6 Å². The molecular formula is C31H36N6O2. The van der Waals surface area contributed by atoms with Crippen molar-refractivity contribution in [2.45, 2.75) is 33.0 Å². The van der Waals surface area contributed by atoms with Gasteiger partial charge in [-0.2, -0.15) is 0 Å². The summed E-state index contributed by atoms with van der Waals surface area (Å²) in [5.74, 6) is 2.74. The Morgan fingerprint density at radius 1 is 0.846 bits per heavy atom. The first-order valence-corrected chi connectivity index (χ1v) is 13.5. The van der Waals surface area contributed by atoms with Gasteiger partial charge in [-0.25, -0.2) is 9.97 Å². The van der Waals surface area contributed by atoms with Crippen LogP contribution in [0.3, 0.4) is 0 Å². The lowest BCUT2D eigenvalue weighted by molar-refractivity contribution is -0.119. The summed E-state index contributed by atoms with van der Waals surface area (Å²) in [4.78, 5) is 26.5. The van der Waals surface area contributed by atoms with Gasteiger partial charge in [-0.15, -0.1) is 0 Å². The molecule has 4 aromatic rings. The van der Waals surface area contributed by atoms with Crippen molar-refractivity contribution in [1.29, 1.82) is 0 Å². The first-order valence-electron chi connectivity index (χ1n) is 13.5. The fourth-order valence-corrected chi connectivity index (χ4v) is 4.87. The Balaban J connectivity index is 1.18. The Bertz CT molecular complexity index is 1390. The van der Waals surface area contributed by atoms with Crippen molar-refractivity contribution in [3.63, 3.8) is 0 Å². The van der Waals surface area contributed by atoms with E-state index in [2.05, 4.69) is 27.2 Å². The molecule has 0 unspecified atom stereocenters. The number of para-hydroxylation sites is 2. The minimum absolute atomic E-state index is 0.0420. The Labute approximate surface area is 229 Å². The van der Waals surface area contributed by atoms with Crippen LogP contribution in [-0.2, 0) is 17.9 Å². The lowest BCUT2D eigenvalue weighted by Gasteiger charge is -2.34. The molecule has 1 atom stereocenters. The molecule has 1 saturated heterocycles. The van der Waals surface area contributed by atoms with Crippen LogP contribution < -0.4 is 15.8 Å². The number of carbonyl (C=O) groups excluding carboxylic acids is 1. The molecule has 5 rings (SSSR count). The maximum atomic E-state index is 12.0. The van der Waals surface area contributed by atoms with Crippen molar-refractivity contribution >= 4 is 22.6 Å². The average Bonchev–Trinajstić information content (AvgIpc) is 2.94. The van der Waals surface area contributed by atoms with Crippen molar-refractivity contribution in [2.75, 3.05) is 31.5 Å². The smallest absolute Gasteiger partial charge is 0.240 e. The standard InChI is InChI=1S/C31H36N6O2/c1-22(2)29(30(32)38)35-31-26-10-6-7-11-27(26)33-28(34-31)21-37-18-16-36(17-19-37)20-23-12-14-25(15-13-23)39-24-8-4-3-5-9-24/h3-15,22,29H,16-21H2,1-2H3,(H2,32,38)(H,33,34,35)/t29-/m0/s1. The third-order valence-corrected chi connectivity index (χ3v) is 7.05. The number of benzene rings is 3. The zero-order chi connectivity index (χ0) is 27.2. The van der Waals surface area contributed by atoms with Crippen molar-refractivity contribution in [1.82, 2.24) is 19.8 Å². The molecular weight excluding hydrogens is 488 g/mol. The van der Waals surface area contributed by atoms with E-state index < -0.39 is 6.04 Å². The number of piperazine rings is 1. The van der Waals surface area contributed by atoms with Crippen LogP contribution in [0.1, 0.15) is 25.2 Å². The van der Waals surface area contributed by atoms with Crippen LogP contribution in [0.4, 0.5) is 5.82 Å². The van der Waals surface area contributed by atoms with Crippen LogP contribution in [0, 0.1) is 5.92 Å². The highest BCUT2D eigenvalue weighted by molar-refractivity contribution is 5.91. The number of nitrogens with two attached hydrogens (primary N) is 1. The zero-order valence-corrected chi connectivity index (χ0v) is 22.6. The first kappa shape index (κ1) is 26.6. The van der Waals surface area contributed by atoms with E-state index in [0.717, 1.165) is 61.0 Å². The van der Waals surface area contributed by atoms with Gasteiger partial charge in [0.25, 0.3) is 0 Å². The van der Waals surface area contributed by atoms with Crippen LogP contribution in [0.15, 0.2) is 78.9 Å². The van der Waals surface area contributed by atoms with Gasteiger partial charge in [-0.05, 0) is 47.9 Å². The van der Waals surface area contributed by atoms with Gasteiger partial charge < -0.3 is 15.8 Å². The second kappa shape index (κ2) is 12.2. The van der Waals surface area contributed by atoms with Gasteiger partial charge in [0.2, 0.25) is 5.91 Å². The summed E-state index contributed by atoms with van der Waals surface area (Å²) >= 11 is 0. The molecule has 1 aliphatic rings. The maximum absolute atomic E-state index is 12.0. The number of hydrogen-bond acceptors (Lipinski definition) is 7. The van der Waals surface area contributed by atoms with E-state index in [1.165, 1.54) is 5.56 Å². The largest absolute Gasteiger partial charge is 0.457 e. The molecule has 3 aromatic carbocycles. The predicted molar refractivity (Wildman–Crippen MR) is 154 cm³/mol. The summed E-state index contributed by atoms with van der Waals surface area (Å²) in [6.45, 7) is 9.31. The number of anilines is 1. The average molecular weight is 525 g/mol. The highest BCUT2D eigenvalue weighted by Gasteiger charge is 2.23. The lowest BCUT2D eigenvalue weighted by atomic mass is 10.0. The number of nitrogens with one attached hydrogen (secondary N) is 1. The van der Waals surface area contributed by atoms with Crippen LogP contribution in [0.5, 0.6) is 11.5 Å². The molecule has 1 aliphatic heterocycles. The molecule has 0 bridgehead atoms. The van der Waals surface area contributed by atoms with E-state index in [4.69, 9.17) is 20.4 Å². The fraction of sp³-hybridized carbons (Fsp3) is 0.323. The summed E-state index contributed by atoms with van der Waals surface area (Å²) in [5.41, 5.74) is 7.79. The lowest BCUT2D eigenvalue weighted by Crippen LogP contribution is -2.45. The molecule has 0 spiro atoms. The number of rotatable bonds is 10. The molecule has 8 nitrogen and oxygen atoms in total. The number of aromatic nitrogens is 2. The Morgan fingerprint density at radius 3 is 2.13 bits per heavy atom. The van der Waals surface area contributed by atoms with Gasteiger partial charge in [0, 0.05) is 38.1 Å². The van der Waals surface area contributed by atoms with E-state index in [9.17, 15) is 4.79 Å². The number of primary amides is 1. The topological polar surface area (TPSA) is 96.6 Å². The normalized spacial score (nSPS) is 15.4. The second-order valence-corrected chi connectivity index (χ2v) is 10.4. The van der Waals surface area contributed by atoms with E-state index in [1.54, 1.807) is 0 Å². The predicted octanol–water partition coefficient (Wildman–Crippen LogP) is 4.66. The van der Waals surface area contributed by atoms with Gasteiger partial charge >= 0.3 is 0 Å². The monoisotopic (exact) mass is 524 g/mol. The second-order valence-electron chi connectivity index (χ2n) is 10.4. The highest BCUT2D eigenvalue weighted by Crippen LogP contribution is 2.24. The molecule has 39 heavy (non-hydrogen) atoms. The molecule has 202 valence electrons. The van der Waals surface area contributed by atoms with Gasteiger partial charge in [-0.1, -0.05) is 56.3 Å². The van der Waals surface area contributed by atoms with E-state index in [-0.39, 0.29) is 11.8 Å². The summed E-state index contributed by atoms with van der Waals surface area (Å²) in [6, 6.07) is 25.5. The van der Waals surface area contributed by atoms with Gasteiger partial charge in [0.15, 0.2) is 0 Å². The van der Waals surface area contributed by atoms with Crippen molar-refractivity contribution in [3.05, 3.63) is 90.3 Å². The third-order valence-electron chi connectivity index (χ3n) is 7.05. The minimum Gasteiger partial charge on any atom is -0.457 e. The van der Waals surface area contributed by atoms with Crippen LogP contribution in [0.25, 0.3) is 10.9 Å². The van der Waals surface area contributed by atoms with E-state index >= 15 is 0 Å². The molecule has 1 amide bonds. The quantitative estimate of drug-likeness (QED) is 0.311. The van der Waals surface area contributed by atoms with Crippen molar-refractivity contribution in [3.8, 4) is 11.5 Å². The molecule has 0 aliphatic carbocycles. The van der Waals surface area contributed by atoms with Crippen molar-refractivity contribution < 1.29 is 9.53 Å². The molecule has 1 aromatic heterocycles. The number of carbonyl (C=O) groups is 1. The number of nitrogens with zero attached hydrogens (tertiary/aromatic N) is 4. The van der Waals surface area contributed by atoms with E-state index in [1.807, 2.05) is 80.6 Å². The molecule has 3 N–H and O–H groups in total. The molecule has 2 heterocycles. The fourth-order valence-electron chi connectivity index (χ4n) is 4.87. The van der Waals surface area contributed by atoms with Gasteiger partial charge in [0.1, 0.15) is 29.2 Å². The Hall–Kier alpha value is -4.01. The van der Waals surface area contributed by atoms with Crippen LogP contribution >= 0.6 is 0 Å². The summed E-state index contributed by atoms with van der Waals surface area (Å²) < 4.78 is 5.91. The molecule has 0 radical (unpaired) electrons. The number of ether oxygens (including phenoxy) is 1. The summed E-state index contributed by atoms with van der Waals surface area (Å²) in [5, 5.41) is 4.18. The number of hydrogen-bond donors (Lipinski definition) is 2. The molecule has 8 heteroatoms. The van der Waals surface area contributed by atoms with Gasteiger partial charge in [0.05, 0.1) is 12.1 Å². The summed E-state index contributed by atoms with van der Waals surface area (Å²) in [7, 11) is 0. The molecule has 0 saturated carbocycles. The zero-order valence-electron chi connectivity index (χ0n) is 22.6. The number of fused-ring (bicyclic) bond motifs is 1. The van der Waals surface area contributed by atoms with Crippen LogP contribution in [-0.4, -0.2) is 57.9 Å². The van der Waals surface area contributed by atoms with Crippen molar-refractivity contribution in [2.24, 2.45) is 11.7 Å². The van der Waals surface area contributed by atoms with E-state index in [0.29, 0.717) is 12.4 Å². The van der Waals surface area contributed by atoms with Crippen LogP contribution in [0.2, 0.25) is 0 Å². The summed E-state index contributed by atoms with van der Waals surface area (Å²) in [6.07, 6.45) is 0. The third kappa shape index (κ3) is 6.90. The minimum atomic E-state index is -0.501. The first-order chi connectivity index (χ1) is 18.9. The molecule has 1 fully saturated rings. The highest BCUT2D eigenvalue weighted by atomic mass is 16.5. The SMILES string of the molecule is CC(C)[C@H](Nc1nc(CN2CCN(Cc3ccc(Oc4ccccc4)cc3)CC2)nc2ccccc12)C(N)=O. The Morgan fingerprint density at radius 2 is 1.46 bits per heavy atom. The Kier molecular flexibility index (Phi) is 8.34. The maximum Gasteiger partial charge on any atom is 0.240 e. The number of amides is 1.